The van der Waals surface area contributed by atoms with Gasteiger partial charge < -0.3 is 82.7 Å². The molecule has 0 aliphatic rings. The molecule has 0 fully saturated rings. The van der Waals surface area contributed by atoms with Crippen LogP contribution in [0.5, 0.6) is 0 Å². The van der Waals surface area contributed by atoms with Crippen molar-refractivity contribution in [3.8, 4) is 0 Å². The molecule has 0 aromatic carbocycles. The maximum absolute atomic E-state index is 11.8. The lowest BCUT2D eigenvalue weighted by molar-refractivity contribution is -0.159. The SMILES string of the molecule is CC=CC(=O)OCC(O)COCC(CO)(COCC(O)COC(=O)C=CC)COCC(COCC(O)COC(=O)C=CC)(COCC(O)COC(=O)C=CC)COCC(O)COC(=O)C=CC. The summed E-state index contributed by atoms with van der Waals surface area (Å²) in [5.41, 5.74) is -2.81. The average molecular weight is 965 g/mol. The number of allylic oxidation sites excluding steroid dienone is 5. The summed E-state index contributed by atoms with van der Waals surface area (Å²) >= 11 is 0. The van der Waals surface area contributed by atoms with Gasteiger partial charge in [-0.25, -0.2) is 24.0 Å². The maximum Gasteiger partial charge on any atom is 0.330 e. The van der Waals surface area contributed by atoms with Gasteiger partial charge in [0.25, 0.3) is 0 Å². The third-order valence-corrected chi connectivity index (χ3v) is 8.35. The third kappa shape index (κ3) is 32.8. The highest BCUT2D eigenvalue weighted by Crippen LogP contribution is 2.25. The van der Waals surface area contributed by atoms with Crippen LogP contribution in [0.25, 0.3) is 0 Å². The molecule has 22 heteroatoms. The molecular formula is C45H72O22. The van der Waals surface area contributed by atoms with Crippen LogP contribution < -0.4 is 0 Å². The molecular weight excluding hydrogens is 892 g/mol. The maximum atomic E-state index is 11.8. The van der Waals surface area contributed by atoms with E-state index >= 15 is 0 Å². The number of aliphatic hydroxyl groups excluding tert-OH is 6. The molecule has 0 spiro atoms. The van der Waals surface area contributed by atoms with Gasteiger partial charge in [-0.1, -0.05) is 30.4 Å². The predicted molar refractivity (Wildman–Crippen MR) is 236 cm³/mol. The summed E-state index contributed by atoms with van der Waals surface area (Å²) < 4.78 is 60.2. The number of carbonyl (C=O) groups is 5. The topological polar surface area (TPSA) is 308 Å². The summed E-state index contributed by atoms with van der Waals surface area (Å²) in [6, 6.07) is 0. The normalized spacial score (nSPS) is 16.2. The molecule has 0 bridgehead atoms. The Morgan fingerprint density at radius 2 is 0.537 bits per heavy atom. The zero-order valence-corrected chi connectivity index (χ0v) is 39.1. The van der Waals surface area contributed by atoms with Gasteiger partial charge in [-0.3, -0.25) is 0 Å². The van der Waals surface area contributed by atoms with Crippen LogP contribution in [0.4, 0.5) is 0 Å². The molecule has 0 aromatic rings. The van der Waals surface area contributed by atoms with Crippen molar-refractivity contribution in [2.45, 2.75) is 65.1 Å². The molecule has 5 unspecified atom stereocenters. The first-order valence-electron chi connectivity index (χ1n) is 21.5. The summed E-state index contributed by atoms with van der Waals surface area (Å²) in [4.78, 5) is 58.9. The number of hydrogen-bond donors (Lipinski definition) is 6. The molecule has 67 heavy (non-hydrogen) atoms. The Labute approximate surface area is 391 Å². The van der Waals surface area contributed by atoms with Gasteiger partial charge in [-0.2, -0.15) is 0 Å². The van der Waals surface area contributed by atoms with Crippen molar-refractivity contribution in [3.05, 3.63) is 60.8 Å². The number of ether oxygens (including phenoxy) is 11. The predicted octanol–water partition coefficient (Wildman–Crippen LogP) is -0.548. The monoisotopic (exact) mass is 964 g/mol. The van der Waals surface area contributed by atoms with E-state index in [0.29, 0.717) is 0 Å². The third-order valence-electron chi connectivity index (χ3n) is 8.35. The zero-order valence-electron chi connectivity index (χ0n) is 39.1. The molecule has 6 N–H and O–H groups in total. The molecule has 0 saturated heterocycles. The molecule has 5 atom stereocenters. The Hall–Kier alpha value is -4.43. The molecule has 0 aliphatic carbocycles. The van der Waals surface area contributed by atoms with Crippen molar-refractivity contribution >= 4 is 29.8 Å². The lowest BCUT2D eigenvalue weighted by Crippen LogP contribution is -2.47. The van der Waals surface area contributed by atoms with Gasteiger partial charge in [-0.05, 0) is 34.6 Å². The minimum Gasteiger partial charge on any atom is -0.460 e. The van der Waals surface area contributed by atoms with E-state index in [0.717, 1.165) is 30.4 Å². The fourth-order valence-corrected chi connectivity index (χ4v) is 5.11. The minimum absolute atomic E-state index is 0.318. The van der Waals surface area contributed by atoms with E-state index in [1.54, 1.807) is 34.6 Å². The van der Waals surface area contributed by atoms with E-state index in [9.17, 15) is 54.6 Å². The number of aliphatic hydroxyl groups is 6. The van der Waals surface area contributed by atoms with Crippen LogP contribution in [-0.2, 0) is 76.1 Å². The number of esters is 5. The van der Waals surface area contributed by atoms with Crippen LogP contribution in [-0.4, -0.2) is 210 Å². The van der Waals surface area contributed by atoms with Gasteiger partial charge in [0, 0.05) is 30.4 Å². The first-order chi connectivity index (χ1) is 32.0. The second-order valence-corrected chi connectivity index (χ2v) is 15.1. The molecule has 0 radical (unpaired) electrons. The van der Waals surface area contributed by atoms with Gasteiger partial charge in [0.05, 0.1) is 96.7 Å². The minimum atomic E-state index is -1.43. The summed E-state index contributed by atoms with van der Waals surface area (Å²) in [5, 5.41) is 63.3. The fourth-order valence-electron chi connectivity index (χ4n) is 5.11. The summed E-state index contributed by atoms with van der Waals surface area (Å²) in [6.07, 6.45) is 6.68. The highest BCUT2D eigenvalue weighted by molar-refractivity contribution is 5.83. The van der Waals surface area contributed by atoms with Crippen molar-refractivity contribution in [1.29, 1.82) is 0 Å². The van der Waals surface area contributed by atoms with Crippen LogP contribution in [0, 0.1) is 10.8 Å². The van der Waals surface area contributed by atoms with Gasteiger partial charge in [0.2, 0.25) is 0 Å². The summed E-state index contributed by atoms with van der Waals surface area (Å²) in [7, 11) is 0. The van der Waals surface area contributed by atoms with E-state index in [1.807, 2.05) is 0 Å². The van der Waals surface area contributed by atoms with E-state index < -0.39 is 111 Å². The number of carbonyl (C=O) groups excluding carboxylic acids is 5. The molecule has 0 aliphatic heterocycles. The van der Waals surface area contributed by atoms with Crippen LogP contribution >= 0.6 is 0 Å². The second kappa shape index (κ2) is 38.5. The molecule has 0 saturated carbocycles. The van der Waals surface area contributed by atoms with E-state index in [4.69, 9.17) is 52.1 Å². The van der Waals surface area contributed by atoms with Crippen molar-refractivity contribution < 1.29 is 107 Å². The first-order valence-corrected chi connectivity index (χ1v) is 21.5. The zero-order chi connectivity index (χ0) is 50.4. The van der Waals surface area contributed by atoms with Crippen molar-refractivity contribution in [2.75, 3.05) is 119 Å². The summed E-state index contributed by atoms with van der Waals surface area (Å²) in [6.45, 7) is 1.15. The van der Waals surface area contributed by atoms with Crippen LogP contribution in [0.3, 0.4) is 0 Å². The lowest BCUT2D eigenvalue weighted by Gasteiger charge is -2.36. The molecule has 0 rings (SSSR count). The highest BCUT2D eigenvalue weighted by atomic mass is 16.6. The summed E-state index contributed by atoms with van der Waals surface area (Å²) in [5.74, 6) is -3.45. The van der Waals surface area contributed by atoms with Crippen LogP contribution in [0.1, 0.15) is 34.6 Å². The van der Waals surface area contributed by atoms with E-state index in [-0.39, 0.29) is 79.3 Å². The number of hydrogen-bond acceptors (Lipinski definition) is 22. The second-order valence-electron chi connectivity index (χ2n) is 15.1. The Morgan fingerprint density at radius 1 is 0.343 bits per heavy atom. The lowest BCUT2D eigenvalue weighted by atomic mass is 9.90. The Balaban J connectivity index is 6.57. The van der Waals surface area contributed by atoms with Crippen molar-refractivity contribution in [3.63, 3.8) is 0 Å². The standard InChI is InChI=1S/C45H72O22/c1-6-11-39(52)63-21-34(47)16-57-27-44(26-46,28-58-17-35(48)22-64-40(53)12-7-2)29-62-33-45(30-59-18-36(49)23-65-41(54)13-8-3,31-60-19-37(50)24-66-42(55)14-9-4)32-61-20-38(51)25-67-43(56)15-10-5/h6-15,34-38,46-51H,16-33H2,1-5H3. The molecule has 0 heterocycles. The van der Waals surface area contributed by atoms with Crippen LogP contribution in [0.15, 0.2) is 60.8 Å². The number of rotatable bonds is 40. The Bertz CT molecular complexity index is 1390. The fraction of sp³-hybridized carbons (Fsp3) is 0.667. The average Bonchev–Trinajstić information content (AvgIpc) is 3.28. The largest absolute Gasteiger partial charge is 0.460 e. The van der Waals surface area contributed by atoms with Crippen LogP contribution in [0.2, 0.25) is 0 Å². The van der Waals surface area contributed by atoms with Crippen molar-refractivity contribution in [1.82, 2.24) is 0 Å². The van der Waals surface area contributed by atoms with Crippen molar-refractivity contribution in [2.24, 2.45) is 10.8 Å². The van der Waals surface area contributed by atoms with Gasteiger partial charge in [0.15, 0.2) is 0 Å². The molecule has 384 valence electrons. The quantitative estimate of drug-likeness (QED) is 0.0255. The van der Waals surface area contributed by atoms with Gasteiger partial charge >= 0.3 is 29.8 Å². The molecule has 0 amide bonds. The molecule has 22 nitrogen and oxygen atoms in total. The van der Waals surface area contributed by atoms with E-state index in [2.05, 4.69) is 0 Å². The highest BCUT2D eigenvalue weighted by Gasteiger charge is 2.37. The Kier molecular flexibility index (Phi) is 36.0. The molecule has 0 aromatic heterocycles. The van der Waals surface area contributed by atoms with E-state index in [1.165, 1.54) is 30.4 Å². The Morgan fingerprint density at radius 3 is 0.746 bits per heavy atom. The van der Waals surface area contributed by atoms with Gasteiger partial charge in [-0.15, -0.1) is 0 Å². The van der Waals surface area contributed by atoms with Gasteiger partial charge in [0.1, 0.15) is 63.6 Å². The smallest absolute Gasteiger partial charge is 0.330 e. The first kappa shape index (κ1) is 62.6.